The topological polar surface area (TPSA) is 92.7 Å². The number of carboxylic acid groups (broad SMARTS) is 1. The minimum atomic E-state index is -0.991. The number of aldehydes is 1. The first-order valence-electron chi connectivity index (χ1n) is 9.11. The third kappa shape index (κ3) is 5.76. The van der Waals surface area contributed by atoms with Crippen molar-refractivity contribution in [3.63, 3.8) is 0 Å². The van der Waals surface area contributed by atoms with Crippen LogP contribution in [0, 0.1) is 5.92 Å². The molecule has 0 heterocycles. The minimum absolute atomic E-state index is 0.0455. The van der Waals surface area contributed by atoms with Crippen LogP contribution in [-0.4, -0.2) is 29.4 Å². The van der Waals surface area contributed by atoms with Gasteiger partial charge in [0.1, 0.15) is 12.4 Å². The van der Waals surface area contributed by atoms with Gasteiger partial charge in [-0.15, -0.1) is 0 Å². The number of amides is 1. The first-order chi connectivity index (χ1) is 13.3. The summed E-state index contributed by atoms with van der Waals surface area (Å²) in [6.07, 6.45) is 0.119. The van der Waals surface area contributed by atoms with E-state index in [-0.39, 0.29) is 30.0 Å². The van der Waals surface area contributed by atoms with Crippen molar-refractivity contribution in [3.8, 4) is 0 Å². The molecule has 0 aromatic heterocycles. The number of ether oxygens (including phenoxy) is 1. The van der Waals surface area contributed by atoms with E-state index in [0.717, 1.165) is 17.4 Å². The van der Waals surface area contributed by atoms with Crippen molar-refractivity contribution < 1.29 is 24.2 Å². The quantitative estimate of drug-likeness (QED) is 0.645. The number of rotatable bonds is 9. The normalized spacial score (nSPS) is 13.0. The second-order valence-corrected chi connectivity index (χ2v) is 7.00. The Bertz CT molecular complexity index is 829. The summed E-state index contributed by atoms with van der Waals surface area (Å²) in [4.78, 5) is 34.5. The van der Waals surface area contributed by atoms with Crippen LogP contribution in [0.2, 0.25) is 0 Å². The summed E-state index contributed by atoms with van der Waals surface area (Å²) in [5, 5.41) is 11.9. The molecule has 148 valence electrons. The summed E-state index contributed by atoms with van der Waals surface area (Å²) in [6.45, 7) is 5.86. The highest BCUT2D eigenvalue weighted by Crippen LogP contribution is 2.17. The third-order valence-electron chi connectivity index (χ3n) is 4.40. The van der Waals surface area contributed by atoms with Gasteiger partial charge in [0.2, 0.25) is 5.91 Å². The summed E-state index contributed by atoms with van der Waals surface area (Å²) in [5.74, 6) is -1.28. The molecule has 2 rings (SSSR count). The SMILES string of the molecule is CC(NC(=O)C(OCc1cccc(C=O)c1)C(C)C)c1ccc(C(=O)O)cc1. The number of nitrogens with one attached hydrogen (secondary N) is 1. The van der Waals surface area contributed by atoms with E-state index in [1.54, 1.807) is 30.3 Å². The number of hydrogen-bond acceptors (Lipinski definition) is 4. The molecule has 0 saturated heterocycles. The monoisotopic (exact) mass is 383 g/mol. The van der Waals surface area contributed by atoms with Crippen LogP contribution < -0.4 is 5.32 Å². The van der Waals surface area contributed by atoms with E-state index >= 15 is 0 Å². The maximum absolute atomic E-state index is 12.7. The lowest BCUT2D eigenvalue weighted by molar-refractivity contribution is -0.137. The van der Waals surface area contributed by atoms with Crippen LogP contribution in [0.4, 0.5) is 0 Å². The molecule has 28 heavy (non-hydrogen) atoms. The first kappa shape index (κ1) is 21.3. The lowest BCUT2D eigenvalue weighted by atomic mass is 10.0. The fourth-order valence-electron chi connectivity index (χ4n) is 2.81. The third-order valence-corrected chi connectivity index (χ3v) is 4.40. The predicted molar refractivity (Wildman–Crippen MR) is 105 cm³/mol. The molecule has 0 aliphatic rings. The Balaban J connectivity index is 2.01. The minimum Gasteiger partial charge on any atom is -0.478 e. The first-order valence-corrected chi connectivity index (χ1v) is 9.11. The molecule has 0 fully saturated rings. The zero-order valence-corrected chi connectivity index (χ0v) is 16.2. The Hall–Kier alpha value is -2.99. The van der Waals surface area contributed by atoms with E-state index in [1.165, 1.54) is 12.1 Å². The summed E-state index contributed by atoms with van der Waals surface area (Å²) in [7, 11) is 0. The zero-order chi connectivity index (χ0) is 20.7. The highest BCUT2D eigenvalue weighted by atomic mass is 16.5. The average molecular weight is 383 g/mol. The van der Waals surface area contributed by atoms with E-state index in [4.69, 9.17) is 9.84 Å². The number of carbonyl (C=O) groups excluding carboxylic acids is 2. The van der Waals surface area contributed by atoms with Gasteiger partial charge in [0, 0.05) is 5.56 Å². The Kier molecular flexibility index (Phi) is 7.46. The van der Waals surface area contributed by atoms with Gasteiger partial charge >= 0.3 is 5.97 Å². The van der Waals surface area contributed by atoms with Gasteiger partial charge in [-0.05, 0) is 42.2 Å². The van der Waals surface area contributed by atoms with Crippen LogP contribution in [-0.2, 0) is 16.1 Å². The number of aromatic carboxylic acids is 1. The second-order valence-electron chi connectivity index (χ2n) is 7.00. The van der Waals surface area contributed by atoms with Gasteiger partial charge in [0.15, 0.2) is 0 Å². The maximum Gasteiger partial charge on any atom is 0.335 e. The second kappa shape index (κ2) is 9.80. The summed E-state index contributed by atoms with van der Waals surface area (Å²) < 4.78 is 5.83. The molecule has 0 bridgehead atoms. The largest absolute Gasteiger partial charge is 0.478 e. The van der Waals surface area contributed by atoms with Gasteiger partial charge in [-0.2, -0.15) is 0 Å². The van der Waals surface area contributed by atoms with Gasteiger partial charge in [-0.1, -0.05) is 44.2 Å². The fourth-order valence-corrected chi connectivity index (χ4v) is 2.81. The zero-order valence-electron chi connectivity index (χ0n) is 16.2. The summed E-state index contributed by atoms with van der Waals surface area (Å²) >= 11 is 0. The molecule has 0 radical (unpaired) electrons. The van der Waals surface area contributed by atoms with Crippen molar-refractivity contribution in [2.45, 2.75) is 39.5 Å². The molecular formula is C22H25NO5. The van der Waals surface area contributed by atoms with Crippen LogP contribution in [0.1, 0.15) is 58.7 Å². The Labute approximate surface area is 164 Å². The molecule has 1 amide bonds. The number of carboxylic acids is 1. The van der Waals surface area contributed by atoms with Crippen LogP contribution in [0.15, 0.2) is 48.5 Å². The molecule has 6 nitrogen and oxygen atoms in total. The fraction of sp³-hybridized carbons (Fsp3) is 0.318. The number of hydrogen-bond donors (Lipinski definition) is 2. The molecule has 2 atom stereocenters. The van der Waals surface area contributed by atoms with Crippen LogP contribution in [0.5, 0.6) is 0 Å². The Morgan fingerprint density at radius 3 is 2.36 bits per heavy atom. The smallest absolute Gasteiger partial charge is 0.335 e. The van der Waals surface area contributed by atoms with Crippen molar-refractivity contribution in [2.24, 2.45) is 5.92 Å². The van der Waals surface area contributed by atoms with E-state index in [0.29, 0.717) is 5.56 Å². The van der Waals surface area contributed by atoms with Crippen LogP contribution in [0.25, 0.3) is 0 Å². The molecule has 6 heteroatoms. The van der Waals surface area contributed by atoms with Gasteiger partial charge in [-0.25, -0.2) is 4.79 Å². The molecule has 0 spiro atoms. The van der Waals surface area contributed by atoms with E-state index < -0.39 is 12.1 Å². The van der Waals surface area contributed by atoms with Gasteiger partial charge in [-0.3, -0.25) is 9.59 Å². The van der Waals surface area contributed by atoms with E-state index in [9.17, 15) is 14.4 Å². The summed E-state index contributed by atoms with van der Waals surface area (Å²) in [6, 6.07) is 13.2. The van der Waals surface area contributed by atoms with E-state index in [1.807, 2.05) is 26.8 Å². The average Bonchev–Trinajstić information content (AvgIpc) is 2.68. The van der Waals surface area contributed by atoms with Crippen molar-refractivity contribution in [1.82, 2.24) is 5.32 Å². The molecule has 2 N–H and O–H groups in total. The molecule has 2 aromatic rings. The predicted octanol–water partition coefficient (Wildman–Crippen LogP) is 3.62. The number of carbonyl (C=O) groups is 3. The Morgan fingerprint density at radius 1 is 1.11 bits per heavy atom. The van der Waals surface area contributed by atoms with Crippen molar-refractivity contribution in [3.05, 3.63) is 70.8 Å². The standard InChI is InChI=1S/C22H25NO5/c1-14(2)20(28-13-17-6-4-5-16(11-17)12-24)21(25)23-15(3)18-7-9-19(10-8-18)22(26)27/h4-12,14-15,20H,13H2,1-3H3,(H,23,25)(H,26,27). The molecule has 2 aromatic carbocycles. The molecular weight excluding hydrogens is 358 g/mol. The highest BCUT2D eigenvalue weighted by molar-refractivity contribution is 5.87. The van der Waals surface area contributed by atoms with Gasteiger partial charge < -0.3 is 15.2 Å². The van der Waals surface area contributed by atoms with Gasteiger partial charge in [0.05, 0.1) is 18.2 Å². The van der Waals surface area contributed by atoms with Crippen molar-refractivity contribution in [1.29, 1.82) is 0 Å². The lowest BCUT2D eigenvalue weighted by Crippen LogP contribution is -2.40. The highest BCUT2D eigenvalue weighted by Gasteiger charge is 2.24. The van der Waals surface area contributed by atoms with E-state index in [2.05, 4.69) is 5.32 Å². The lowest BCUT2D eigenvalue weighted by Gasteiger charge is -2.23. The maximum atomic E-state index is 12.7. The number of benzene rings is 2. The Morgan fingerprint density at radius 2 is 1.79 bits per heavy atom. The van der Waals surface area contributed by atoms with Crippen molar-refractivity contribution >= 4 is 18.2 Å². The van der Waals surface area contributed by atoms with Crippen molar-refractivity contribution in [2.75, 3.05) is 0 Å². The van der Waals surface area contributed by atoms with Gasteiger partial charge in [0.25, 0.3) is 0 Å². The summed E-state index contributed by atoms with van der Waals surface area (Å²) in [5.41, 5.74) is 2.38. The molecule has 0 aliphatic carbocycles. The molecule has 2 unspecified atom stereocenters. The van der Waals surface area contributed by atoms with Crippen LogP contribution in [0.3, 0.4) is 0 Å². The molecule has 0 aliphatic heterocycles. The molecule has 0 saturated carbocycles. The van der Waals surface area contributed by atoms with Crippen LogP contribution >= 0.6 is 0 Å².